The zero-order valence-electron chi connectivity index (χ0n) is 26.2. The van der Waals surface area contributed by atoms with E-state index in [9.17, 15) is 19.8 Å². The van der Waals surface area contributed by atoms with Crippen LogP contribution in [0.3, 0.4) is 0 Å². The molecular weight excluding hydrogens is 572 g/mol. The van der Waals surface area contributed by atoms with Gasteiger partial charge in [0.15, 0.2) is 6.29 Å². The Morgan fingerprint density at radius 2 is 1.53 bits per heavy atom. The molecule has 1 saturated heterocycles. The quantitative estimate of drug-likeness (QED) is 0.141. The van der Waals surface area contributed by atoms with E-state index < -0.39 is 18.4 Å². The van der Waals surface area contributed by atoms with Crippen molar-refractivity contribution in [2.24, 2.45) is 0 Å². The monoisotopic (exact) mass is 618 g/mol. The zero-order chi connectivity index (χ0) is 32.2. The molecule has 1 fully saturated rings. The number of likely N-dealkylation sites (N-methyl/N-ethyl adjacent to an activating group) is 1. The third-order valence-corrected chi connectivity index (χ3v) is 8.41. The molecule has 0 unspecified atom stereocenters. The molecule has 9 nitrogen and oxygen atoms in total. The Labute approximate surface area is 265 Å². The lowest BCUT2D eigenvalue weighted by Gasteiger charge is -2.39. The molecular formula is C36H46N2O7. The molecule has 0 aliphatic carbocycles. The summed E-state index contributed by atoms with van der Waals surface area (Å²) in [5.74, 6) is -0.865. The first-order valence-electron chi connectivity index (χ1n) is 15.8. The SMILES string of the molecule is C[C@@H]([C@H](O)c1ccccc1)N(C)C[C@H]1C[C@@H](c2ccc(CO)cc2)O[C@@H](c2ccc(NC(=O)CCCCCCC(=O)O)cc2)O1. The molecule has 1 heterocycles. The smallest absolute Gasteiger partial charge is 0.303 e. The number of amides is 1. The summed E-state index contributed by atoms with van der Waals surface area (Å²) in [7, 11) is 1.99. The first-order chi connectivity index (χ1) is 21.7. The summed E-state index contributed by atoms with van der Waals surface area (Å²) < 4.78 is 13.0. The summed E-state index contributed by atoms with van der Waals surface area (Å²) in [5.41, 5.74) is 4.21. The van der Waals surface area contributed by atoms with Crippen LogP contribution in [0.4, 0.5) is 5.69 Å². The molecule has 4 rings (SSSR count). The van der Waals surface area contributed by atoms with Gasteiger partial charge in [0.05, 0.1) is 24.9 Å². The van der Waals surface area contributed by atoms with E-state index in [4.69, 9.17) is 14.6 Å². The number of aliphatic hydroxyl groups is 2. The first kappa shape index (κ1) is 34.3. The molecule has 3 aromatic carbocycles. The van der Waals surface area contributed by atoms with E-state index in [-0.39, 0.29) is 37.2 Å². The summed E-state index contributed by atoms with van der Waals surface area (Å²) in [5, 5.41) is 32.2. The van der Waals surface area contributed by atoms with E-state index in [0.717, 1.165) is 35.1 Å². The van der Waals surface area contributed by atoms with Crippen molar-refractivity contribution >= 4 is 17.6 Å². The van der Waals surface area contributed by atoms with Crippen molar-refractivity contribution in [3.8, 4) is 0 Å². The maximum Gasteiger partial charge on any atom is 0.303 e. The van der Waals surface area contributed by atoms with Crippen LogP contribution in [0.2, 0.25) is 0 Å². The normalized spacial score (nSPS) is 19.6. The number of ether oxygens (including phenoxy) is 2. The molecule has 0 spiro atoms. The van der Waals surface area contributed by atoms with Gasteiger partial charge in [-0.25, -0.2) is 0 Å². The molecule has 1 aliphatic heterocycles. The number of hydrogen-bond acceptors (Lipinski definition) is 7. The average Bonchev–Trinajstić information content (AvgIpc) is 3.06. The van der Waals surface area contributed by atoms with Gasteiger partial charge in [-0.15, -0.1) is 0 Å². The van der Waals surface area contributed by atoms with Gasteiger partial charge in [-0.2, -0.15) is 0 Å². The molecule has 45 heavy (non-hydrogen) atoms. The fraction of sp³-hybridized carbons (Fsp3) is 0.444. The Bertz CT molecular complexity index is 1330. The van der Waals surface area contributed by atoms with Gasteiger partial charge in [0.1, 0.15) is 0 Å². The third kappa shape index (κ3) is 10.5. The van der Waals surface area contributed by atoms with Gasteiger partial charge < -0.3 is 30.1 Å². The molecule has 9 heteroatoms. The minimum absolute atomic E-state index is 0.0255. The number of aliphatic hydroxyl groups excluding tert-OH is 2. The summed E-state index contributed by atoms with van der Waals surface area (Å²) in [6.07, 6.45) is 2.43. The van der Waals surface area contributed by atoms with E-state index in [2.05, 4.69) is 10.2 Å². The van der Waals surface area contributed by atoms with Gasteiger partial charge in [0.25, 0.3) is 0 Å². The number of carboxylic acids is 1. The number of anilines is 1. The minimum atomic E-state index is -0.788. The molecule has 1 amide bonds. The number of carboxylic acid groups (broad SMARTS) is 1. The summed E-state index contributed by atoms with van der Waals surface area (Å²) in [6.45, 7) is 2.56. The van der Waals surface area contributed by atoms with Gasteiger partial charge in [-0.1, -0.05) is 79.6 Å². The molecule has 242 valence electrons. The Balaban J connectivity index is 1.39. The number of rotatable bonds is 16. The van der Waals surface area contributed by atoms with E-state index in [0.29, 0.717) is 37.9 Å². The van der Waals surface area contributed by atoms with Crippen molar-refractivity contribution in [3.63, 3.8) is 0 Å². The highest BCUT2D eigenvalue weighted by Gasteiger charge is 2.34. The van der Waals surface area contributed by atoms with E-state index in [1.54, 1.807) is 0 Å². The largest absolute Gasteiger partial charge is 0.481 e. The second-order valence-electron chi connectivity index (χ2n) is 11.9. The van der Waals surface area contributed by atoms with Crippen molar-refractivity contribution < 1.29 is 34.4 Å². The van der Waals surface area contributed by atoms with Gasteiger partial charge in [-0.3, -0.25) is 14.5 Å². The number of carbonyl (C=O) groups excluding carboxylic acids is 1. The average molecular weight is 619 g/mol. The molecule has 0 aromatic heterocycles. The number of nitrogens with one attached hydrogen (secondary N) is 1. The number of hydrogen-bond donors (Lipinski definition) is 4. The maximum absolute atomic E-state index is 12.4. The Hall–Kier alpha value is -3.60. The maximum atomic E-state index is 12.4. The Morgan fingerprint density at radius 1 is 0.889 bits per heavy atom. The molecule has 0 saturated carbocycles. The second kappa shape index (κ2) is 17.2. The Kier molecular flexibility index (Phi) is 13.1. The minimum Gasteiger partial charge on any atom is -0.481 e. The van der Waals surface area contributed by atoms with Crippen LogP contribution >= 0.6 is 0 Å². The van der Waals surface area contributed by atoms with Gasteiger partial charge in [0, 0.05) is 43.1 Å². The second-order valence-corrected chi connectivity index (χ2v) is 11.9. The van der Waals surface area contributed by atoms with Crippen LogP contribution in [0.5, 0.6) is 0 Å². The fourth-order valence-electron chi connectivity index (χ4n) is 5.55. The number of nitrogens with zero attached hydrogens (tertiary/aromatic N) is 1. The van der Waals surface area contributed by atoms with Crippen LogP contribution < -0.4 is 5.32 Å². The summed E-state index contributed by atoms with van der Waals surface area (Å²) in [4.78, 5) is 25.2. The molecule has 3 aromatic rings. The molecule has 0 bridgehead atoms. The summed E-state index contributed by atoms with van der Waals surface area (Å²) in [6, 6.07) is 24.7. The predicted molar refractivity (Wildman–Crippen MR) is 172 cm³/mol. The number of carbonyl (C=O) groups is 2. The highest BCUT2D eigenvalue weighted by Crippen LogP contribution is 2.38. The molecule has 0 radical (unpaired) electrons. The topological polar surface area (TPSA) is 129 Å². The van der Waals surface area contributed by atoms with Crippen molar-refractivity contribution in [2.45, 2.75) is 89.1 Å². The Morgan fingerprint density at radius 3 is 2.18 bits per heavy atom. The first-order valence-corrected chi connectivity index (χ1v) is 15.8. The predicted octanol–water partition coefficient (Wildman–Crippen LogP) is 6.14. The van der Waals surface area contributed by atoms with Crippen LogP contribution in [-0.2, 0) is 25.7 Å². The number of aliphatic carboxylic acids is 1. The number of benzene rings is 3. The number of unbranched alkanes of at least 4 members (excludes halogenated alkanes) is 3. The van der Waals surface area contributed by atoms with Crippen molar-refractivity contribution in [1.82, 2.24) is 4.90 Å². The van der Waals surface area contributed by atoms with Crippen LogP contribution in [0, 0.1) is 0 Å². The summed E-state index contributed by atoms with van der Waals surface area (Å²) >= 11 is 0. The van der Waals surface area contributed by atoms with Crippen LogP contribution in [0.1, 0.15) is 92.6 Å². The van der Waals surface area contributed by atoms with Crippen LogP contribution in [-0.4, -0.2) is 57.8 Å². The standard InChI is InChI=1S/C36H46N2O7/c1-25(35(43)28-10-6-5-7-11-28)38(2)23-31-22-32(27-16-14-26(24-39)15-17-27)45-36(44-31)29-18-20-30(21-19-29)37-33(40)12-8-3-4-9-13-34(41)42/h5-7,10-11,14-21,25,31-32,35-36,39,43H,3-4,8-9,12-13,22-24H2,1-2H3,(H,37,40)(H,41,42)/t25-,31+,32-,35-,36-/m0/s1. The molecule has 1 aliphatic rings. The van der Waals surface area contributed by atoms with Crippen LogP contribution in [0.25, 0.3) is 0 Å². The zero-order valence-corrected chi connectivity index (χ0v) is 26.2. The lowest BCUT2D eigenvalue weighted by molar-refractivity contribution is -0.253. The van der Waals surface area contributed by atoms with Crippen molar-refractivity contribution in [1.29, 1.82) is 0 Å². The molecule has 4 N–H and O–H groups in total. The molecule has 5 atom stereocenters. The van der Waals surface area contributed by atoms with E-state index in [1.165, 1.54) is 0 Å². The van der Waals surface area contributed by atoms with Gasteiger partial charge in [-0.05, 0) is 55.6 Å². The van der Waals surface area contributed by atoms with Gasteiger partial charge in [0.2, 0.25) is 5.91 Å². The van der Waals surface area contributed by atoms with Crippen molar-refractivity contribution in [2.75, 3.05) is 18.9 Å². The van der Waals surface area contributed by atoms with Crippen LogP contribution in [0.15, 0.2) is 78.9 Å². The third-order valence-electron chi connectivity index (χ3n) is 8.41. The van der Waals surface area contributed by atoms with E-state index in [1.807, 2.05) is 92.8 Å². The van der Waals surface area contributed by atoms with E-state index >= 15 is 0 Å². The highest BCUT2D eigenvalue weighted by atomic mass is 16.7. The lowest BCUT2D eigenvalue weighted by atomic mass is 9.98. The van der Waals surface area contributed by atoms with Gasteiger partial charge >= 0.3 is 5.97 Å². The lowest BCUT2D eigenvalue weighted by Crippen LogP contribution is -2.43. The fourth-order valence-corrected chi connectivity index (χ4v) is 5.55. The highest BCUT2D eigenvalue weighted by molar-refractivity contribution is 5.90. The van der Waals surface area contributed by atoms with Crippen molar-refractivity contribution in [3.05, 3.63) is 101 Å².